The van der Waals surface area contributed by atoms with E-state index in [-0.39, 0.29) is 18.0 Å². The highest BCUT2D eigenvalue weighted by atomic mass is 16.5. The molecular formula is C15H13NO4. The number of nitrogens with one attached hydrogen (secondary N) is 1. The molecular weight excluding hydrogens is 258 g/mol. The summed E-state index contributed by atoms with van der Waals surface area (Å²) in [5, 5.41) is 0.351. The maximum absolute atomic E-state index is 12.3. The van der Waals surface area contributed by atoms with Gasteiger partial charge in [0, 0.05) is 29.1 Å². The van der Waals surface area contributed by atoms with Gasteiger partial charge in [-0.3, -0.25) is 9.59 Å². The topological polar surface area (TPSA) is 76.2 Å². The van der Waals surface area contributed by atoms with E-state index in [0.717, 1.165) is 5.56 Å². The number of H-pyrrole nitrogens is 1. The van der Waals surface area contributed by atoms with Gasteiger partial charge in [-0.25, -0.2) is 4.79 Å². The summed E-state index contributed by atoms with van der Waals surface area (Å²) in [4.78, 5) is 38.7. The van der Waals surface area contributed by atoms with E-state index in [1.165, 1.54) is 6.20 Å². The highest BCUT2D eigenvalue weighted by Gasteiger charge is 2.22. The quantitative estimate of drug-likeness (QED) is 0.845. The standard InChI is InChI=1S/C15H13NO4/c1-2-20-15(19)11-7-16-12-5-8-3-4-13(17)9(8)6-10(12)14(11)18/h5-7H,2-4H2,1H3,(H,16,18). The van der Waals surface area contributed by atoms with Gasteiger partial charge in [0.1, 0.15) is 5.56 Å². The zero-order valence-corrected chi connectivity index (χ0v) is 11.0. The van der Waals surface area contributed by atoms with E-state index < -0.39 is 11.4 Å². The molecule has 0 radical (unpaired) electrons. The molecule has 3 rings (SSSR count). The number of pyridine rings is 1. The number of carbonyl (C=O) groups is 2. The lowest BCUT2D eigenvalue weighted by Crippen LogP contribution is -2.18. The van der Waals surface area contributed by atoms with Crippen molar-refractivity contribution in [1.82, 2.24) is 4.98 Å². The molecule has 1 heterocycles. The first kappa shape index (κ1) is 12.6. The number of esters is 1. The van der Waals surface area contributed by atoms with Gasteiger partial charge in [-0.15, -0.1) is 0 Å². The SMILES string of the molecule is CCOC(=O)c1c[nH]c2cc3c(cc2c1=O)C(=O)CC3. The van der Waals surface area contributed by atoms with Gasteiger partial charge in [-0.05, 0) is 31.0 Å². The lowest BCUT2D eigenvalue weighted by atomic mass is 10.0. The molecule has 1 N–H and O–H groups in total. The lowest BCUT2D eigenvalue weighted by molar-refractivity contribution is 0.0524. The predicted molar refractivity (Wildman–Crippen MR) is 73.2 cm³/mol. The molecule has 0 bridgehead atoms. The number of hydrogen-bond acceptors (Lipinski definition) is 4. The van der Waals surface area contributed by atoms with Crippen LogP contribution in [-0.2, 0) is 11.2 Å². The number of aromatic amines is 1. The molecule has 5 nitrogen and oxygen atoms in total. The highest BCUT2D eigenvalue weighted by Crippen LogP contribution is 2.25. The summed E-state index contributed by atoms with van der Waals surface area (Å²) in [6.45, 7) is 1.89. The molecule has 102 valence electrons. The average Bonchev–Trinajstić information content (AvgIpc) is 2.79. The third kappa shape index (κ3) is 1.82. The Balaban J connectivity index is 2.23. The van der Waals surface area contributed by atoms with Crippen LogP contribution in [0.4, 0.5) is 0 Å². The van der Waals surface area contributed by atoms with Gasteiger partial charge in [0.05, 0.1) is 6.61 Å². The van der Waals surface area contributed by atoms with Crippen LogP contribution < -0.4 is 5.43 Å². The van der Waals surface area contributed by atoms with Gasteiger partial charge < -0.3 is 9.72 Å². The van der Waals surface area contributed by atoms with Crippen molar-refractivity contribution < 1.29 is 14.3 Å². The fraction of sp³-hybridized carbons (Fsp3) is 0.267. The Labute approximate surface area is 114 Å². The van der Waals surface area contributed by atoms with Gasteiger partial charge in [-0.1, -0.05) is 0 Å². The van der Waals surface area contributed by atoms with Crippen molar-refractivity contribution >= 4 is 22.7 Å². The molecule has 1 aliphatic rings. The Kier molecular flexibility index (Phi) is 2.89. The monoisotopic (exact) mass is 271 g/mol. The molecule has 0 unspecified atom stereocenters. The Hall–Kier alpha value is -2.43. The van der Waals surface area contributed by atoms with E-state index in [2.05, 4.69) is 4.98 Å². The number of hydrogen-bond donors (Lipinski definition) is 1. The van der Waals surface area contributed by atoms with Crippen LogP contribution in [0, 0.1) is 0 Å². The van der Waals surface area contributed by atoms with Crippen LogP contribution in [0.3, 0.4) is 0 Å². The Morgan fingerprint density at radius 1 is 1.30 bits per heavy atom. The van der Waals surface area contributed by atoms with Crippen molar-refractivity contribution in [1.29, 1.82) is 0 Å². The summed E-state index contributed by atoms with van der Waals surface area (Å²) in [7, 11) is 0. The number of aryl methyl sites for hydroxylation is 1. The molecule has 5 heteroatoms. The molecule has 0 fully saturated rings. The minimum absolute atomic E-state index is 0.0373. The Morgan fingerprint density at radius 3 is 2.85 bits per heavy atom. The first-order chi connectivity index (χ1) is 9.61. The number of aromatic nitrogens is 1. The fourth-order valence-electron chi connectivity index (χ4n) is 2.52. The summed E-state index contributed by atoms with van der Waals surface area (Å²) >= 11 is 0. The highest BCUT2D eigenvalue weighted by molar-refractivity contribution is 6.04. The molecule has 2 aromatic rings. The van der Waals surface area contributed by atoms with E-state index in [1.807, 2.05) is 6.07 Å². The number of rotatable bonds is 2. The number of carbonyl (C=O) groups excluding carboxylic acids is 2. The largest absolute Gasteiger partial charge is 0.462 e. The summed E-state index contributed by atoms with van der Waals surface area (Å²) in [6.07, 6.45) is 2.54. The van der Waals surface area contributed by atoms with Gasteiger partial charge in [0.25, 0.3) is 0 Å². The third-order valence-electron chi connectivity index (χ3n) is 3.52. The van der Waals surface area contributed by atoms with Crippen LogP contribution in [0.5, 0.6) is 0 Å². The van der Waals surface area contributed by atoms with Crippen molar-refractivity contribution in [2.75, 3.05) is 6.61 Å². The van der Waals surface area contributed by atoms with Crippen LogP contribution >= 0.6 is 0 Å². The van der Waals surface area contributed by atoms with Gasteiger partial charge >= 0.3 is 5.97 Å². The van der Waals surface area contributed by atoms with Crippen LogP contribution in [0.2, 0.25) is 0 Å². The number of benzene rings is 1. The number of ketones is 1. The molecule has 0 saturated heterocycles. The second-order valence-corrected chi connectivity index (χ2v) is 4.73. The lowest BCUT2D eigenvalue weighted by Gasteiger charge is -2.05. The molecule has 0 atom stereocenters. The first-order valence-corrected chi connectivity index (χ1v) is 6.50. The van der Waals surface area contributed by atoms with Crippen molar-refractivity contribution in [2.24, 2.45) is 0 Å². The first-order valence-electron chi connectivity index (χ1n) is 6.50. The van der Waals surface area contributed by atoms with E-state index >= 15 is 0 Å². The smallest absolute Gasteiger partial charge is 0.343 e. The van der Waals surface area contributed by atoms with E-state index in [4.69, 9.17) is 4.74 Å². The van der Waals surface area contributed by atoms with Gasteiger partial charge in [-0.2, -0.15) is 0 Å². The molecule has 1 aromatic heterocycles. The zero-order valence-electron chi connectivity index (χ0n) is 11.0. The molecule has 1 aliphatic carbocycles. The third-order valence-corrected chi connectivity index (χ3v) is 3.52. The molecule has 20 heavy (non-hydrogen) atoms. The second kappa shape index (κ2) is 4.59. The van der Waals surface area contributed by atoms with Gasteiger partial charge in [0.15, 0.2) is 5.78 Å². The van der Waals surface area contributed by atoms with Gasteiger partial charge in [0.2, 0.25) is 5.43 Å². The van der Waals surface area contributed by atoms with Crippen LogP contribution in [0.15, 0.2) is 23.1 Å². The maximum Gasteiger partial charge on any atom is 0.343 e. The molecule has 0 spiro atoms. The van der Waals surface area contributed by atoms with Crippen LogP contribution in [0.25, 0.3) is 10.9 Å². The second-order valence-electron chi connectivity index (χ2n) is 4.73. The predicted octanol–water partition coefficient (Wildman–Crippen LogP) is 1.83. The number of Topliss-reactive ketones (excluding diaryl/α,β-unsaturated/α-hetero) is 1. The Bertz CT molecular complexity index is 788. The molecule has 1 aromatic carbocycles. The maximum atomic E-state index is 12.3. The Morgan fingerprint density at radius 2 is 2.10 bits per heavy atom. The minimum Gasteiger partial charge on any atom is -0.462 e. The zero-order chi connectivity index (χ0) is 14.3. The van der Waals surface area contributed by atoms with Crippen LogP contribution in [-0.4, -0.2) is 23.3 Å². The van der Waals surface area contributed by atoms with E-state index in [1.54, 1.807) is 13.0 Å². The summed E-state index contributed by atoms with van der Waals surface area (Å²) in [5.74, 6) is -0.606. The number of fused-ring (bicyclic) bond motifs is 2. The minimum atomic E-state index is -0.650. The van der Waals surface area contributed by atoms with Crippen molar-refractivity contribution in [2.45, 2.75) is 19.8 Å². The van der Waals surface area contributed by atoms with E-state index in [9.17, 15) is 14.4 Å². The fourth-order valence-corrected chi connectivity index (χ4v) is 2.52. The van der Waals surface area contributed by atoms with E-state index in [0.29, 0.717) is 29.3 Å². The van der Waals surface area contributed by atoms with Crippen LogP contribution in [0.1, 0.15) is 39.6 Å². The molecule has 0 aliphatic heterocycles. The van der Waals surface area contributed by atoms with Crippen molar-refractivity contribution in [3.05, 3.63) is 45.2 Å². The summed E-state index contributed by atoms with van der Waals surface area (Å²) in [5.41, 5.74) is 1.73. The normalized spacial score (nSPS) is 13.6. The molecule has 0 saturated carbocycles. The molecule has 0 amide bonds. The average molecular weight is 271 g/mol. The number of ether oxygens (including phenoxy) is 1. The van der Waals surface area contributed by atoms with Crippen molar-refractivity contribution in [3.8, 4) is 0 Å². The van der Waals surface area contributed by atoms with Crippen molar-refractivity contribution in [3.63, 3.8) is 0 Å². The summed E-state index contributed by atoms with van der Waals surface area (Å²) in [6, 6.07) is 3.40. The summed E-state index contributed by atoms with van der Waals surface area (Å²) < 4.78 is 4.85.